The lowest BCUT2D eigenvalue weighted by molar-refractivity contribution is 0.271. The molecule has 0 amide bonds. The molecule has 15 nitrogen and oxygen atoms in total. The number of methoxy groups -OCH3 is 1. The van der Waals surface area contributed by atoms with Crippen molar-refractivity contribution in [2.24, 2.45) is 0 Å². The summed E-state index contributed by atoms with van der Waals surface area (Å²) in [5, 5.41) is 0. The average molecular weight is 919 g/mol. The van der Waals surface area contributed by atoms with Gasteiger partial charge in [0.05, 0.1) is 12.7 Å². The zero-order valence-corrected chi connectivity index (χ0v) is 32.0. The van der Waals surface area contributed by atoms with Gasteiger partial charge in [0.1, 0.15) is 5.75 Å². The minimum Gasteiger partial charge on any atom is -0.490 e. The van der Waals surface area contributed by atoms with E-state index in [1.165, 1.54) is 37.4 Å². The summed E-state index contributed by atoms with van der Waals surface area (Å²) in [7, 11) is -14.5. The fourth-order valence-electron chi connectivity index (χ4n) is 5.77. The molecule has 62 heavy (non-hydrogen) atoms. The highest BCUT2D eigenvalue weighted by Crippen LogP contribution is 2.57. The predicted octanol–water partition coefficient (Wildman–Crippen LogP) is 12.8. The van der Waals surface area contributed by atoms with Gasteiger partial charge in [0.2, 0.25) is 5.75 Å². The third-order valence-electron chi connectivity index (χ3n) is 7.86. The Kier molecular flexibility index (Phi) is 21.1. The van der Waals surface area contributed by atoms with Gasteiger partial charge in [-0.15, -0.1) is 0 Å². The van der Waals surface area contributed by atoms with Crippen LogP contribution in [0.5, 0.6) is 46.0 Å². The molecule has 0 fully saturated rings. The number of rotatable bonds is 14. The van der Waals surface area contributed by atoms with E-state index < -0.39 is 35.0 Å². The molecule has 0 aromatic heterocycles. The minimum atomic E-state index is -5.40. The van der Waals surface area contributed by atoms with E-state index in [2.05, 4.69) is 0 Å². The lowest BCUT2D eigenvalue weighted by Gasteiger charge is -2.23. The molecule has 0 heterocycles. The Morgan fingerprint density at radius 2 is 0.823 bits per heavy atom. The predicted molar refractivity (Wildman–Crippen MR) is 245 cm³/mol. The summed E-state index contributed by atoms with van der Waals surface area (Å²) in [5.74, 6) is -2.39. The van der Waals surface area contributed by atoms with Crippen molar-refractivity contribution in [2.75, 3.05) is 7.11 Å². The highest BCUT2D eigenvalue weighted by molar-refractivity contribution is 7.47. The van der Waals surface area contributed by atoms with Gasteiger partial charge in [-0.05, 0) is 65.6 Å². The van der Waals surface area contributed by atoms with Crippen molar-refractivity contribution in [1.82, 2.24) is 0 Å². The van der Waals surface area contributed by atoms with Crippen LogP contribution in [-0.4, -0.2) is 36.5 Å². The van der Waals surface area contributed by atoms with E-state index >= 15 is 0 Å². The summed E-state index contributed by atoms with van der Waals surface area (Å²) >= 11 is 0. The molecule has 0 aliphatic carbocycles. The standard InChI is InChI=1S/C38H33O15P3.6CH4/c1-24-22-29(26-14-8-4-9-15-26)35(33(23-24)51-54(39,40)41)50-30-20-21-31(37(53-56(45,46)47)34(30)27-16-10-5-11-17-27)49-32-19-18-28(25-12-6-3-7-13-25)36(38(32)48-2)52-55(42,43)44;;;;;;/h3-23H,1-2H3,(H2,39,40,41)(H2,42,43,44)(H2,45,46,47);6*1H4. The molecule has 0 aliphatic heterocycles. The largest absolute Gasteiger partial charge is 0.524 e. The summed E-state index contributed by atoms with van der Waals surface area (Å²) in [5.41, 5.74) is 2.43. The van der Waals surface area contributed by atoms with E-state index in [1.807, 2.05) is 0 Å². The number of hydrogen-bond donors (Lipinski definition) is 6. The second-order valence-electron chi connectivity index (χ2n) is 11.9. The third-order valence-corrected chi connectivity index (χ3v) is 9.14. The Hall–Kier alpha value is -5.43. The molecule has 18 heteroatoms. The number of aryl methyl sites for hydroxylation is 1. The molecule has 0 saturated carbocycles. The first kappa shape index (κ1) is 56.6. The summed E-state index contributed by atoms with van der Waals surface area (Å²) in [6, 6.07) is 33.9. The molecule has 0 radical (unpaired) electrons. The first-order valence-corrected chi connectivity index (χ1v) is 20.9. The van der Waals surface area contributed by atoms with E-state index in [9.17, 15) is 43.1 Å². The Morgan fingerprint density at radius 3 is 1.31 bits per heavy atom. The smallest absolute Gasteiger partial charge is 0.490 e. The second-order valence-corrected chi connectivity index (χ2v) is 15.4. The number of benzene rings is 6. The lowest BCUT2D eigenvalue weighted by atomic mass is 10.0. The monoisotopic (exact) mass is 918 g/mol. The van der Waals surface area contributed by atoms with Gasteiger partial charge in [-0.25, -0.2) is 13.7 Å². The van der Waals surface area contributed by atoms with Crippen LogP contribution in [-0.2, 0) is 13.7 Å². The van der Waals surface area contributed by atoms with Crippen molar-refractivity contribution in [3.8, 4) is 79.4 Å². The molecular weight excluding hydrogens is 861 g/mol. The number of phosphoric ester groups is 3. The minimum absolute atomic E-state index is 0. The number of phosphoric acid groups is 3. The van der Waals surface area contributed by atoms with Gasteiger partial charge in [0, 0.05) is 11.1 Å². The van der Waals surface area contributed by atoms with Crippen LogP contribution in [0.1, 0.15) is 50.1 Å². The molecule has 6 aromatic rings. The molecular formula is C44H57O15P3. The van der Waals surface area contributed by atoms with Crippen molar-refractivity contribution in [2.45, 2.75) is 51.5 Å². The maximum absolute atomic E-state index is 12.6. The van der Waals surface area contributed by atoms with Crippen molar-refractivity contribution in [3.05, 3.63) is 133 Å². The Morgan fingerprint density at radius 1 is 0.403 bits per heavy atom. The van der Waals surface area contributed by atoms with Crippen LogP contribution in [0, 0.1) is 6.92 Å². The molecule has 0 aliphatic rings. The zero-order valence-electron chi connectivity index (χ0n) is 29.3. The molecule has 6 rings (SSSR count). The number of hydrogen-bond acceptors (Lipinski definition) is 9. The highest BCUT2D eigenvalue weighted by atomic mass is 31.2. The third kappa shape index (κ3) is 14.1. The van der Waals surface area contributed by atoms with Crippen LogP contribution in [0.2, 0.25) is 0 Å². The van der Waals surface area contributed by atoms with Gasteiger partial charge in [0.25, 0.3) is 0 Å². The average Bonchev–Trinajstić information content (AvgIpc) is 3.13. The van der Waals surface area contributed by atoms with Gasteiger partial charge in [0.15, 0.2) is 34.5 Å². The maximum Gasteiger partial charge on any atom is 0.524 e. The van der Waals surface area contributed by atoms with Gasteiger partial charge in [-0.2, -0.15) is 0 Å². The topological polar surface area (TPSA) is 228 Å². The van der Waals surface area contributed by atoms with E-state index in [0.717, 1.165) is 0 Å². The van der Waals surface area contributed by atoms with Crippen molar-refractivity contribution in [1.29, 1.82) is 0 Å². The van der Waals surface area contributed by atoms with E-state index in [-0.39, 0.29) is 90.2 Å². The zero-order chi connectivity index (χ0) is 40.3. The lowest BCUT2D eigenvalue weighted by Crippen LogP contribution is -2.02. The fraction of sp³-hybridized carbons (Fsp3) is 0.182. The first-order valence-electron chi connectivity index (χ1n) is 16.3. The van der Waals surface area contributed by atoms with Gasteiger partial charge in [-0.1, -0.05) is 136 Å². The van der Waals surface area contributed by atoms with Crippen LogP contribution >= 0.6 is 23.5 Å². The van der Waals surface area contributed by atoms with Gasteiger partial charge < -0.3 is 27.8 Å². The Balaban J connectivity index is 0.00000620. The first-order chi connectivity index (χ1) is 26.5. The van der Waals surface area contributed by atoms with E-state index in [0.29, 0.717) is 27.8 Å². The van der Waals surface area contributed by atoms with Crippen LogP contribution < -0.4 is 27.8 Å². The van der Waals surface area contributed by atoms with E-state index in [1.54, 1.807) is 104 Å². The van der Waals surface area contributed by atoms with E-state index in [4.69, 9.17) is 27.8 Å². The second kappa shape index (κ2) is 23.1. The molecule has 0 unspecified atom stereocenters. The summed E-state index contributed by atoms with van der Waals surface area (Å²) in [4.78, 5) is 59.8. The van der Waals surface area contributed by atoms with Crippen molar-refractivity contribution in [3.63, 3.8) is 0 Å². The summed E-state index contributed by atoms with van der Waals surface area (Å²) in [6.07, 6.45) is 0. The van der Waals surface area contributed by atoms with Crippen LogP contribution in [0.15, 0.2) is 127 Å². The van der Waals surface area contributed by atoms with Crippen LogP contribution in [0.3, 0.4) is 0 Å². The quantitative estimate of drug-likeness (QED) is 0.0558. The van der Waals surface area contributed by atoms with Crippen molar-refractivity contribution < 1.29 is 70.8 Å². The molecule has 6 N–H and O–H groups in total. The Labute approximate surface area is 364 Å². The number of ether oxygens (including phenoxy) is 3. The van der Waals surface area contributed by atoms with Crippen LogP contribution in [0.4, 0.5) is 0 Å². The fourth-order valence-corrected chi connectivity index (χ4v) is 7.00. The van der Waals surface area contributed by atoms with Crippen LogP contribution in [0.25, 0.3) is 33.4 Å². The molecule has 0 atom stereocenters. The Bertz CT molecular complexity index is 2500. The highest BCUT2D eigenvalue weighted by Gasteiger charge is 2.31. The molecule has 338 valence electrons. The molecule has 0 spiro atoms. The SMILES string of the molecule is C.C.C.C.C.C.COc1c(Oc2ccc(Oc3c(OP(=O)(O)O)cc(C)cc3-c3ccccc3)c(-c3ccccc3)c2OP(=O)(O)O)ccc(-c2ccccc2)c1OP(=O)(O)O. The van der Waals surface area contributed by atoms with Crippen molar-refractivity contribution >= 4 is 23.5 Å². The maximum atomic E-state index is 12.6. The normalized spacial score (nSPS) is 10.6. The molecule has 6 aromatic carbocycles. The molecule has 0 bridgehead atoms. The summed E-state index contributed by atoms with van der Waals surface area (Å²) in [6.45, 7) is 1.69. The molecule has 0 saturated heterocycles. The van der Waals surface area contributed by atoms with Gasteiger partial charge >= 0.3 is 23.5 Å². The van der Waals surface area contributed by atoms with Gasteiger partial charge in [-0.3, -0.25) is 29.4 Å². The summed E-state index contributed by atoms with van der Waals surface area (Å²) < 4.78 is 70.6.